The Kier molecular flexibility index (Phi) is 4.47. The molecule has 1 atom stereocenters. The van der Waals surface area contributed by atoms with Crippen LogP contribution in [0.15, 0.2) is 42.5 Å². The van der Waals surface area contributed by atoms with Gasteiger partial charge in [-0.15, -0.1) is 0 Å². The standard InChI is InChI=1S/C15H14F2N2O2/c1-10(11-5-3-2-4-6-11)9-18-15-13(19(20)21)8-7-12(16)14(15)17/h2-8,10,18H,9H2,1H3. The van der Waals surface area contributed by atoms with Gasteiger partial charge in [-0.1, -0.05) is 37.3 Å². The zero-order chi connectivity index (χ0) is 15.4. The van der Waals surface area contributed by atoms with Crippen LogP contribution < -0.4 is 5.32 Å². The highest BCUT2D eigenvalue weighted by Gasteiger charge is 2.21. The Labute approximate surface area is 120 Å². The monoisotopic (exact) mass is 292 g/mol. The zero-order valence-corrected chi connectivity index (χ0v) is 11.3. The number of hydrogen-bond donors (Lipinski definition) is 1. The summed E-state index contributed by atoms with van der Waals surface area (Å²) in [4.78, 5) is 10.1. The Morgan fingerprint density at radius 3 is 2.48 bits per heavy atom. The predicted octanol–water partition coefficient (Wildman–Crippen LogP) is 4.09. The molecule has 6 heteroatoms. The van der Waals surface area contributed by atoms with Gasteiger partial charge in [0, 0.05) is 12.6 Å². The fourth-order valence-corrected chi connectivity index (χ4v) is 2.02. The van der Waals surface area contributed by atoms with Crippen molar-refractivity contribution in [2.24, 2.45) is 0 Å². The molecule has 0 radical (unpaired) electrons. The van der Waals surface area contributed by atoms with Gasteiger partial charge in [0.25, 0.3) is 5.69 Å². The molecule has 1 unspecified atom stereocenters. The number of rotatable bonds is 5. The number of anilines is 1. The van der Waals surface area contributed by atoms with Crippen LogP contribution in [0.2, 0.25) is 0 Å². The van der Waals surface area contributed by atoms with Crippen molar-refractivity contribution in [3.8, 4) is 0 Å². The fraction of sp³-hybridized carbons (Fsp3) is 0.200. The van der Waals surface area contributed by atoms with E-state index in [1.54, 1.807) is 0 Å². The molecule has 0 aliphatic heterocycles. The molecule has 2 aromatic rings. The second-order valence-corrected chi connectivity index (χ2v) is 4.71. The van der Waals surface area contributed by atoms with Crippen LogP contribution in [0.3, 0.4) is 0 Å². The molecule has 0 heterocycles. The van der Waals surface area contributed by atoms with Crippen LogP contribution in [-0.2, 0) is 0 Å². The molecule has 0 aromatic heterocycles. The van der Waals surface area contributed by atoms with Gasteiger partial charge in [-0.3, -0.25) is 10.1 Å². The van der Waals surface area contributed by atoms with Gasteiger partial charge in [0.2, 0.25) is 0 Å². The lowest BCUT2D eigenvalue weighted by Crippen LogP contribution is -2.13. The van der Waals surface area contributed by atoms with Crippen LogP contribution in [-0.4, -0.2) is 11.5 Å². The van der Waals surface area contributed by atoms with E-state index < -0.39 is 27.9 Å². The van der Waals surface area contributed by atoms with Crippen molar-refractivity contribution in [3.63, 3.8) is 0 Å². The Morgan fingerprint density at radius 1 is 1.19 bits per heavy atom. The van der Waals surface area contributed by atoms with Crippen molar-refractivity contribution < 1.29 is 13.7 Å². The van der Waals surface area contributed by atoms with Crippen LogP contribution in [0.1, 0.15) is 18.4 Å². The first-order chi connectivity index (χ1) is 10.0. The van der Waals surface area contributed by atoms with Crippen molar-refractivity contribution in [2.75, 3.05) is 11.9 Å². The molecule has 1 N–H and O–H groups in total. The summed E-state index contributed by atoms with van der Waals surface area (Å²) in [5.74, 6) is -2.35. The molecule has 0 saturated heterocycles. The maximum absolute atomic E-state index is 13.7. The number of benzene rings is 2. The summed E-state index contributed by atoms with van der Waals surface area (Å²) in [7, 11) is 0. The van der Waals surface area contributed by atoms with Crippen molar-refractivity contribution >= 4 is 11.4 Å². The summed E-state index contributed by atoms with van der Waals surface area (Å²) >= 11 is 0. The molecule has 0 fully saturated rings. The largest absolute Gasteiger partial charge is 0.376 e. The minimum atomic E-state index is -1.23. The molecule has 2 aromatic carbocycles. The van der Waals surface area contributed by atoms with Gasteiger partial charge in [-0.2, -0.15) is 0 Å². The van der Waals surface area contributed by atoms with E-state index in [1.165, 1.54) is 0 Å². The van der Waals surface area contributed by atoms with Crippen LogP contribution in [0.5, 0.6) is 0 Å². The smallest absolute Gasteiger partial charge is 0.295 e. The molecule has 0 bridgehead atoms. The van der Waals surface area contributed by atoms with Gasteiger partial charge in [-0.05, 0) is 17.5 Å². The molecule has 0 aliphatic rings. The average molecular weight is 292 g/mol. The lowest BCUT2D eigenvalue weighted by atomic mass is 10.0. The molecule has 0 aliphatic carbocycles. The Bertz CT molecular complexity index is 648. The Morgan fingerprint density at radius 2 is 1.86 bits per heavy atom. The highest BCUT2D eigenvalue weighted by molar-refractivity contribution is 5.62. The first-order valence-electron chi connectivity index (χ1n) is 6.42. The third-order valence-electron chi connectivity index (χ3n) is 3.22. The number of halogens is 2. The van der Waals surface area contributed by atoms with Gasteiger partial charge < -0.3 is 5.32 Å². The Balaban J connectivity index is 2.20. The van der Waals surface area contributed by atoms with Crippen molar-refractivity contribution in [2.45, 2.75) is 12.8 Å². The molecule has 0 amide bonds. The number of hydrogen-bond acceptors (Lipinski definition) is 3. The minimum absolute atomic E-state index is 0.00604. The average Bonchev–Trinajstić information content (AvgIpc) is 2.49. The number of nitro benzene ring substituents is 1. The lowest BCUT2D eigenvalue weighted by molar-refractivity contribution is -0.384. The van der Waals surface area contributed by atoms with E-state index in [4.69, 9.17) is 0 Å². The van der Waals surface area contributed by atoms with Gasteiger partial charge in [0.05, 0.1) is 4.92 Å². The van der Waals surface area contributed by atoms with Crippen molar-refractivity contribution in [3.05, 3.63) is 69.8 Å². The van der Waals surface area contributed by atoms with E-state index in [0.29, 0.717) is 0 Å². The highest BCUT2D eigenvalue weighted by Crippen LogP contribution is 2.29. The fourth-order valence-electron chi connectivity index (χ4n) is 2.02. The van der Waals surface area contributed by atoms with Crippen LogP contribution in [0.25, 0.3) is 0 Å². The van der Waals surface area contributed by atoms with E-state index >= 15 is 0 Å². The third-order valence-corrected chi connectivity index (χ3v) is 3.22. The normalized spacial score (nSPS) is 12.0. The summed E-state index contributed by atoms with van der Waals surface area (Å²) < 4.78 is 27.0. The quantitative estimate of drug-likeness (QED) is 0.667. The first kappa shape index (κ1) is 14.9. The molecule has 0 spiro atoms. The summed E-state index contributed by atoms with van der Waals surface area (Å²) in [6.45, 7) is 2.15. The molecule has 2 rings (SSSR count). The summed E-state index contributed by atoms with van der Waals surface area (Å²) in [6, 6.07) is 11.1. The van der Waals surface area contributed by atoms with Crippen molar-refractivity contribution in [1.82, 2.24) is 0 Å². The highest BCUT2D eigenvalue weighted by atomic mass is 19.2. The number of nitrogens with one attached hydrogen (secondary N) is 1. The number of nitro groups is 1. The minimum Gasteiger partial charge on any atom is -0.376 e. The van der Waals surface area contributed by atoms with E-state index in [2.05, 4.69) is 5.32 Å². The summed E-state index contributed by atoms with van der Waals surface area (Å²) in [5.41, 5.74) is 0.112. The zero-order valence-electron chi connectivity index (χ0n) is 11.3. The molecule has 4 nitrogen and oxygen atoms in total. The van der Waals surface area contributed by atoms with E-state index in [1.807, 2.05) is 37.3 Å². The Hall–Kier alpha value is -2.50. The van der Waals surface area contributed by atoms with Gasteiger partial charge in [0.15, 0.2) is 17.3 Å². The molecular weight excluding hydrogens is 278 g/mol. The maximum Gasteiger partial charge on any atom is 0.295 e. The van der Waals surface area contributed by atoms with Gasteiger partial charge in [-0.25, -0.2) is 8.78 Å². The van der Waals surface area contributed by atoms with E-state index in [9.17, 15) is 18.9 Å². The van der Waals surface area contributed by atoms with E-state index in [0.717, 1.165) is 17.7 Å². The van der Waals surface area contributed by atoms with Gasteiger partial charge in [0.1, 0.15) is 0 Å². The molecule has 110 valence electrons. The van der Waals surface area contributed by atoms with Gasteiger partial charge >= 0.3 is 0 Å². The summed E-state index contributed by atoms with van der Waals surface area (Å²) in [6.07, 6.45) is 0. The predicted molar refractivity (Wildman–Crippen MR) is 76.4 cm³/mol. The molecular formula is C15H14F2N2O2. The van der Waals surface area contributed by atoms with Crippen LogP contribution >= 0.6 is 0 Å². The van der Waals surface area contributed by atoms with E-state index in [-0.39, 0.29) is 12.5 Å². The molecule has 0 saturated carbocycles. The van der Waals surface area contributed by atoms with Crippen molar-refractivity contribution in [1.29, 1.82) is 0 Å². The molecule has 21 heavy (non-hydrogen) atoms. The maximum atomic E-state index is 13.7. The SMILES string of the molecule is CC(CNc1c([N+](=O)[O-])ccc(F)c1F)c1ccccc1. The second-order valence-electron chi connectivity index (χ2n) is 4.71. The second kappa shape index (κ2) is 6.30. The summed E-state index contributed by atoms with van der Waals surface area (Å²) in [5, 5.41) is 13.5. The van der Waals surface area contributed by atoms with Crippen LogP contribution in [0, 0.1) is 21.7 Å². The third kappa shape index (κ3) is 3.34. The first-order valence-corrected chi connectivity index (χ1v) is 6.42. The lowest BCUT2D eigenvalue weighted by Gasteiger charge is -2.14. The number of nitrogens with zero attached hydrogens (tertiary/aromatic N) is 1. The van der Waals surface area contributed by atoms with Crippen LogP contribution in [0.4, 0.5) is 20.2 Å². The topological polar surface area (TPSA) is 55.2 Å².